The van der Waals surface area contributed by atoms with Crippen molar-refractivity contribution < 1.29 is 14.3 Å². The zero-order valence-electron chi connectivity index (χ0n) is 15.6. The van der Waals surface area contributed by atoms with Gasteiger partial charge in [-0.15, -0.1) is 0 Å². The van der Waals surface area contributed by atoms with E-state index in [0.29, 0.717) is 19.8 Å². The number of nitrogens with zero attached hydrogens (tertiary/aromatic N) is 1. The molecule has 5 heteroatoms. The van der Waals surface area contributed by atoms with Gasteiger partial charge in [-0.25, -0.2) is 4.79 Å². The van der Waals surface area contributed by atoms with Crippen molar-refractivity contribution in [3.05, 3.63) is 46.4 Å². The van der Waals surface area contributed by atoms with Crippen molar-refractivity contribution in [1.82, 2.24) is 4.90 Å². The van der Waals surface area contributed by atoms with Crippen LogP contribution in [0.2, 0.25) is 0 Å². The monoisotopic (exact) mass is 419 g/mol. The standard InChI is InChI=1S/C21H26BrNO3/c1-21(2,3)26-20(24)23(16-10-12-25-13-11-16)14-15-8-9-19(22)18-7-5-4-6-17(15)18/h4-9,16H,10-14H2,1-3H3. The van der Waals surface area contributed by atoms with Gasteiger partial charge in [0.15, 0.2) is 0 Å². The van der Waals surface area contributed by atoms with Crippen molar-refractivity contribution in [3.63, 3.8) is 0 Å². The first kappa shape index (κ1) is 19.2. The van der Waals surface area contributed by atoms with E-state index in [1.165, 1.54) is 0 Å². The van der Waals surface area contributed by atoms with Crippen LogP contribution in [0, 0.1) is 0 Å². The van der Waals surface area contributed by atoms with Crippen LogP contribution >= 0.6 is 15.9 Å². The summed E-state index contributed by atoms with van der Waals surface area (Å²) >= 11 is 3.62. The fourth-order valence-electron chi connectivity index (χ4n) is 3.31. The Kier molecular flexibility index (Phi) is 5.88. The topological polar surface area (TPSA) is 38.8 Å². The summed E-state index contributed by atoms with van der Waals surface area (Å²) in [6.45, 7) is 7.62. The first-order valence-corrected chi connectivity index (χ1v) is 9.88. The summed E-state index contributed by atoms with van der Waals surface area (Å²) < 4.78 is 12.2. The Morgan fingerprint density at radius 3 is 2.46 bits per heavy atom. The summed E-state index contributed by atoms with van der Waals surface area (Å²) in [5, 5.41) is 2.31. The number of halogens is 1. The van der Waals surface area contributed by atoms with Crippen molar-refractivity contribution in [2.24, 2.45) is 0 Å². The molecule has 0 N–H and O–H groups in total. The van der Waals surface area contributed by atoms with E-state index in [1.807, 2.05) is 37.8 Å². The molecule has 1 aliphatic rings. The van der Waals surface area contributed by atoms with Gasteiger partial charge in [-0.3, -0.25) is 0 Å². The third kappa shape index (κ3) is 4.57. The molecule has 26 heavy (non-hydrogen) atoms. The Bertz CT molecular complexity index is 778. The summed E-state index contributed by atoms with van der Waals surface area (Å²) in [6, 6.07) is 12.5. The van der Waals surface area contributed by atoms with E-state index < -0.39 is 5.60 Å². The predicted molar refractivity (Wildman–Crippen MR) is 107 cm³/mol. The highest BCUT2D eigenvalue weighted by molar-refractivity contribution is 9.10. The molecule has 1 saturated heterocycles. The van der Waals surface area contributed by atoms with Gasteiger partial charge in [0, 0.05) is 30.3 Å². The molecule has 2 aromatic rings. The normalized spacial score (nSPS) is 15.8. The number of rotatable bonds is 3. The van der Waals surface area contributed by atoms with E-state index in [0.717, 1.165) is 33.7 Å². The number of amides is 1. The Balaban J connectivity index is 1.92. The third-order valence-corrected chi connectivity index (χ3v) is 5.25. The molecule has 0 aliphatic carbocycles. The number of benzene rings is 2. The van der Waals surface area contributed by atoms with E-state index in [4.69, 9.17) is 9.47 Å². The van der Waals surface area contributed by atoms with Gasteiger partial charge in [0.25, 0.3) is 0 Å². The maximum Gasteiger partial charge on any atom is 0.410 e. The Morgan fingerprint density at radius 1 is 1.15 bits per heavy atom. The zero-order valence-corrected chi connectivity index (χ0v) is 17.2. The van der Waals surface area contributed by atoms with Crippen molar-refractivity contribution in [2.75, 3.05) is 13.2 Å². The van der Waals surface area contributed by atoms with Gasteiger partial charge in [-0.1, -0.05) is 46.3 Å². The van der Waals surface area contributed by atoms with Crippen LogP contribution in [-0.2, 0) is 16.0 Å². The highest BCUT2D eigenvalue weighted by Gasteiger charge is 2.30. The first-order valence-electron chi connectivity index (χ1n) is 9.08. The molecule has 140 valence electrons. The van der Waals surface area contributed by atoms with E-state index in [2.05, 4.69) is 40.2 Å². The molecule has 0 unspecified atom stereocenters. The number of hydrogen-bond donors (Lipinski definition) is 0. The molecule has 0 radical (unpaired) electrons. The summed E-state index contributed by atoms with van der Waals surface area (Å²) in [7, 11) is 0. The molecule has 4 nitrogen and oxygen atoms in total. The second-order valence-electron chi connectivity index (χ2n) is 7.70. The van der Waals surface area contributed by atoms with E-state index in [9.17, 15) is 4.79 Å². The molecule has 0 aromatic heterocycles. The van der Waals surface area contributed by atoms with E-state index >= 15 is 0 Å². The van der Waals surface area contributed by atoms with Gasteiger partial charge in [0.05, 0.1) is 0 Å². The van der Waals surface area contributed by atoms with E-state index in [-0.39, 0.29) is 12.1 Å². The smallest absolute Gasteiger partial charge is 0.410 e. The van der Waals surface area contributed by atoms with Gasteiger partial charge in [-0.2, -0.15) is 0 Å². The van der Waals surface area contributed by atoms with Crippen molar-refractivity contribution in [3.8, 4) is 0 Å². The minimum absolute atomic E-state index is 0.140. The van der Waals surface area contributed by atoms with Crippen LogP contribution < -0.4 is 0 Å². The van der Waals surface area contributed by atoms with Crippen molar-refractivity contribution in [1.29, 1.82) is 0 Å². The van der Waals surface area contributed by atoms with Gasteiger partial charge in [-0.05, 0) is 56.0 Å². The molecule has 1 amide bonds. The molecule has 3 rings (SSSR count). The highest BCUT2D eigenvalue weighted by Crippen LogP contribution is 2.29. The van der Waals surface area contributed by atoms with Crippen LogP contribution in [-0.4, -0.2) is 35.8 Å². The second-order valence-corrected chi connectivity index (χ2v) is 8.56. The number of fused-ring (bicyclic) bond motifs is 1. The molecule has 0 atom stereocenters. The predicted octanol–water partition coefficient (Wildman–Crippen LogP) is 5.52. The molecule has 1 fully saturated rings. The lowest BCUT2D eigenvalue weighted by atomic mass is 10.0. The minimum Gasteiger partial charge on any atom is -0.444 e. The summed E-state index contributed by atoms with van der Waals surface area (Å²) in [6.07, 6.45) is 1.43. The lowest BCUT2D eigenvalue weighted by Gasteiger charge is -2.35. The molecule has 0 spiro atoms. The average Bonchev–Trinajstić information content (AvgIpc) is 2.61. The number of hydrogen-bond acceptors (Lipinski definition) is 3. The minimum atomic E-state index is -0.512. The van der Waals surface area contributed by atoms with Crippen LogP contribution in [0.3, 0.4) is 0 Å². The highest BCUT2D eigenvalue weighted by atomic mass is 79.9. The Morgan fingerprint density at radius 2 is 1.81 bits per heavy atom. The SMILES string of the molecule is CC(C)(C)OC(=O)N(Cc1ccc(Br)c2ccccc12)C1CCOCC1. The van der Waals surface area contributed by atoms with Crippen LogP contribution in [0.1, 0.15) is 39.2 Å². The van der Waals surface area contributed by atoms with Crippen LogP contribution in [0.15, 0.2) is 40.9 Å². The number of ether oxygens (including phenoxy) is 2. The van der Waals surface area contributed by atoms with Gasteiger partial charge in [0.2, 0.25) is 0 Å². The molecular weight excluding hydrogens is 394 g/mol. The lowest BCUT2D eigenvalue weighted by Crippen LogP contribution is -2.45. The van der Waals surface area contributed by atoms with Gasteiger partial charge < -0.3 is 14.4 Å². The molecule has 0 saturated carbocycles. The van der Waals surface area contributed by atoms with Gasteiger partial charge in [0.1, 0.15) is 5.60 Å². The molecule has 0 bridgehead atoms. The zero-order chi connectivity index (χ0) is 18.7. The van der Waals surface area contributed by atoms with Crippen LogP contribution in [0.25, 0.3) is 10.8 Å². The molecule has 1 aliphatic heterocycles. The van der Waals surface area contributed by atoms with Crippen molar-refractivity contribution >= 4 is 32.8 Å². The Labute approximate surface area is 163 Å². The maximum atomic E-state index is 12.9. The molecule has 1 heterocycles. The Hall–Kier alpha value is -1.59. The summed E-state index contributed by atoms with van der Waals surface area (Å²) in [5.41, 5.74) is 0.614. The second kappa shape index (κ2) is 7.97. The number of carbonyl (C=O) groups excluding carboxylic acids is 1. The average molecular weight is 420 g/mol. The quantitative estimate of drug-likeness (QED) is 0.657. The largest absolute Gasteiger partial charge is 0.444 e. The molecule has 2 aromatic carbocycles. The maximum absolute atomic E-state index is 12.9. The van der Waals surface area contributed by atoms with Crippen LogP contribution in [0.5, 0.6) is 0 Å². The summed E-state index contributed by atoms with van der Waals surface area (Å²) in [5.74, 6) is 0. The third-order valence-electron chi connectivity index (χ3n) is 4.56. The van der Waals surface area contributed by atoms with Crippen LogP contribution in [0.4, 0.5) is 4.79 Å². The molecular formula is C21H26BrNO3. The first-order chi connectivity index (χ1) is 12.3. The lowest BCUT2D eigenvalue weighted by molar-refractivity contribution is -0.00797. The fourth-order valence-corrected chi connectivity index (χ4v) is 3.78. The summed E-state index contributed by atoms with van der Waals surface area (Å²) in [4.78, 5) is 14.8. The number of carbonyl (C=O) groups is 1. The van der Waals surface area contributed by atoms with E-state index in [1.54, 1.807) is 0 Å². The van der Waals surface area contributed by atoms with Gasteiger partial charge >= 0.3 is 6.09 Å². The fraction of sp³-hybridized carbons (Fsp3) is 0.476. The van der Waals surface area contributed by atoms with Crippen molar-refractivity contribution in [2.45, 2.75) is 51.8 Å².